The van der Waals surface area contributed by atoms with E-state index in [0.717, 1.165) is 77.1 Å². The Bertz CT molecular complexity index is 2170. The van der Waals surface area contributed by atoms with Gasteiger partial charge in [-0.25, -0.2) is 18.7 Å². The van der Waals surface area contributed by atoms with Gasteiger partial charge in [0.25, 0.3) is 5.91 Å². The number of benzene rings is 2. The first-order valence-corrected chi connectivity index (χ1v) is 21.7. The smallest absolute Gasteiger partial charge is 0.255 e. The zero-order valence-electron chi connectivity index (χ0n) is 34.4. The summed E-state index contributed by atoms with van der Waals surface area (Å²) in [6.07, 6.45) is 9.13. The molecule has 6 aliphatic rings. The number of carbonyl (C=O) groups is 3. The van der Waals surface area contributed by atoms with E-state index in [1.54, 1.807) is 18.2 Å². The van der Waals surface area contributed by atoms with Crippen LogP contribution < -0.4 is 25.6 Å². The van der Waals surface area contributed by atoms with Crippen molar-refractivity contribution in [2.24, 2.45) is 11.8 Å². The number of nitrogens with zero attached hydrogens (tertiary/aromatic N) is 6. The number of rotatable bonds is 11. The fourth-order valence-corrected chi connectivity index (χ4v) is 9.95. The van der Waals surface area contributed by atoms with Crippen LogP contribution in [0.5, 0.6) is 5.75 Å². The summed E-state index contributed by atoms with van der Waals surface area (Å²) in [6.45, 7) is 7.42. The average Bonchev–Trinajstić information content (AvgIpc) is 3.88. The monoisotopic (exact) mass is 823 g/mol. The van der Waals surface area contributed by atoms with E-state index in [0.29, 0.717) is 78.1 Å². The number of nitrogens with two attached hydrogens (primary N) is 1. The van der Waals surface area contributed by atoms with Crippen molar-refractivity contribution in [1.82, 2.24) is 25.1 Å². The van der Waals surface area contributed by atoms with E-state index in [2.05, 4.69) is 36.9 Å². The molecule has 3 amide bonds. The van der Waals surface area contributed by atoms with Gasteiger partial charge in [-0.3, -0.25) is 25.1 Å². The number of nitrogens with one attached hydrogen (secondary N) is 2. The molecule has 1 aliphatic carbocycles. The minimum absolute atomic E-state index is 0.0149. The van der Waals surface area contributed by atoms with Crippen LogP contribution >= 0.6 is 0 Å². The Hall–Kier alpha value is -5.18. The standard InChI is InChI=1S/C45H55F2N9O4/c1-44(12-13-44)60-30-2-4-34(48)32(22-30)41(49)35-23-38(51-27-50-35)55-18-8-28(9-19-55)24-45(47)14-20-53(21-15-45)25-29-10-16-54(17-11-29)36-5-3-31-33(40(36)46)26-56(43(31)59)37-6-7-39(57)52-42(37)58/h2-5,22-23,27-29,37,49H,6-21,24-26,48H2,1H3,(H,52,57,58). The van der Waals surface area contributed by atoms with Gasteiger partial charge in [-0.1, -0.05) is 0 Å². The first kappa shape index (κ1) is 40.2. The van der Waals surface area contributed by atoms with Crippen molar-refractivity contribution >= 4 is 40.6 Å². The van der Waals surface area contributed by atoms with E-state index in [1.165, 1.54) is 11.2 Å². The van der Waals surface area contributed by atoms with Crippen LogP contribution in [0.1, 0.15) is 105 Å². The number of fused-ring (bicyclic) bond motifs is 1. The summed E-state index contributed by atoms with van der Waals surface area (Å²) in [5, 5.41) is 11.2. The lowest BCUT2D eigenvalue weighted by atomic mass is 9.80. The first-order chi connectivity index (χ1) is 28.8. The van der Waals surface area contributed by atoms with Crippen molar-refractivity contribution in [3.8, 4) is 5.75 Å². The number of anilines is 3. The number of hydrogen-bond donors (Lipinski definition) is 3. The van der Waals surface area contributed by atoms with Crippen LogP contribution in [0.25, 0.3) is 0 Å². The zero-order valence-corrected chi connectivity index (χ0v) is 34.4. The molecule has 1 atom stereocenters. The number of nitrogen functional groups attached to an aromatic ring is 1. The maximum Gasteiger partial charge on any atom is 0.255 e. The number of alkyl halides is 1. The van der Waals surface area contributed by atoms with Crippen molar-refractivity contribution in [2.75, 3.05) is 61.3 Å². The molecule has 318 valence electrons. The van der Waals surface area contributed by atoms with Crippen molar-refractivity contribution in [3.05, 3.63) is 70.9 Å². The van der Waals surface area contributed by atoms with Crippen molar-refractivity contribution < 1.29 is 27.9 Å². The highest BCUT2D eigenvalue weighted by Gasteiger charge is 2.42. The predicted octanol–water partition coefficient (Wildman–Crippen LogP) is 5.63. The fourth-order valence-electron chi connectivity index (χ4n) is 9.95. The number of amides is 3. The summed E-state index contributed by atoms with van der Waals surface area (Å²) in [4.78, 5) is 54.2. The average molecular weight is 824 g/mol. The van der Waals surface area contributed by atoms with E-state index in [-0.39, 0.29) is 48.1 Å². The number of ether oxygens (including phenoxy) is 1. The third-order valence-electron chi connectivity index (χ3n) is 14.0. The van der Waals surface area contributed by atoms with Crippen molar-refractivity contribution in [3.63, 3.8) is 0 Å². The van der Waals surface area contributed by atoms with Crippen LogP contribution in [0.2, 0.25) is 0 Å². The molecule has 1 saturated carbocycles. The molecule has 4 N–H and O–H groups in total. The number of imide groups is 1. The second kappa shape index (κ2) is 16.0. The molecule has 13 nitrogen and oxygen atoms in total. The Morgan fingerprint density at radius 1 is 0.917 bits per heavy atom. The Balaban J connectivity index is 0.720. The third kappa shape index (κ3) is 8.29. The van der Waals surface area contributed by atoms with E-state index < -0.39 is 23.4 Å². The van der Waals surface area contributed by atoms with Gasteiger partial charge in [0.2, 0.25) is 11.8 Å². The summed E-state index contributed by atoms with van der Waals surface area (Å²) in [6, 6.07) is 9.87. The van der Waals surface area contributed by atoms with Gasteiger partial charge in [0, 0.05) is 80.7 Å². The molecule has 1 unspecified atom stereocenters. The second-order valence-electron chi connectivity index (χ2n) is 18.3. The summed E-state index contributed by atoms with van der Waals surface area (Å²) in [5.74, 6) is 0.559. The minimum atomic E-state index is -1.17. The number of likely N-dealkylation sites (tertiary alicyclic amines) is 1. The first-order valence-electron chi connectivity index (χ1n) is 21.7. The van der Waals surface area contributed by atoms with Crippen LogP contribution in [-0.4, -0.2) is 106 Å². The van der Waals surface area contributed by atoms with E-state index in [9.17, 15) is 14.4 Å². The fraction of sp³-hybridized carbons (Fsp3) is 0.556. The molecule has 0 spiro atoms. The van der Waals surface area contributed by atoms with Gasteiger partial charge in [0.15, 0.2) is 5.82 Å². The molecule has 0 radical (unpaired) electrons. The topological polar surface area (TPSA) is 161 Å². The molecule has 6 heterocycles. The van der Waals surface area contributed by atoms with E-state index in [4.69, 9.17) is 15.9 Å². The molecular formula is C45H55F2N9O4. The number of piperidine rings is 4. The van der Waals surface area contributed by atoms with Gasteiger partial charge < -0.3 is 30.1 Å². The molecular weight excluding hydrogens is 769 g/mol. The van der Waals surface area contributed by atoms with Gasteiger partial charge in [-0.15, -0.1) is 0 Å². The lowest BCUT2D eigenvalue weighted by Crippen LogP contribution is -2.52. The summed E-state index contributed by atoms with van der Waals surface area (Å²) >= 11 is 0. The molecule has 9 rings (SSSR count). The summed E-state index contributed by atoms with van der Waals surface area (Å²) in [5.41, 5.74) is 7.86. The highest BCUT2D eigenvalue weighted by molar-refractivity contribution is 6.13. The van der Waals surface area contributed by atoms with E-state index >= 15 is 8.78 Å². The molecule has 60 heavy (non-hydrogen) atoms. The van der Waals surface area contributed by atoms with Crippen LogP contribution in [0.3, 0.4) is 0 Å². The normalized spacial score (nSPS) is 23.4. The number of hydrogen-bond acceptors (Lipinski definition) is 11. The quantitative estimate of drug-likeness (QED) is 0.126. The van der Waals surface area contributed by atoms with Crippen LogP contribution in [-0.2, 0) is 16.1 Å². The molecule has 4 saturated heterocycles. The number of aromatic nitrogens is 2. The van der Waals surface area contributed by atoms with Crippen LogP contribution in [0.15, 0.2) is 42.7 Å². The van der Waals surface area contributed by atoms with Crippen LogP contribution in [0, 0.1) is 23.1 Å². The third-order valence-corrected chi connectivity index (χ3v) is 14.0. The van der Waals surface area contributed by atoms with Crippen LogP contribution in [0.4, 0.5) is 26.0 Å². The molecule has 5 fully saturated rings. The molecule has 0 bridgehead atoms. The van der Waals surface area contributed by atoms with Gasteiger partial charge in [-0.2, -0.15) is 0 Å². The highest BCUT2D eigenvalue weighted by Crippen LogP contribution is 2.41. The Kier molecular flexibility index (Phi) is 10.7. The minimum Gasteiger partial charge on any atom is -0.488 e. The number of carbonyl (C=O) groups excluding carboxylic acids is 3. The van der Waals surface area contributed by atoms with E-state index in [1.807, 2.05) is 18.2 Å². The SMILES string of the molecule is CC1(Oc2ccc(N)c(C(=N)c3cc(N4CCC(CC5(F)CCN(CC6CCN(c7ccc8c(c7F)CN(C7CCC(=O)NC7=O)C8=O)CC6)CC5)CC4)ncn3)c2)CC1. The largest absolute Gasteiger partial charge is 0.488 e. The zero-order chi connectivity index (χ0) is 41.8. The molecule has 5 aliphatic heterocycles. The Morgan fingerprint density at radius 3 is 2.35 bits per heavy atom. The summed E-state index contributed by atoms with van der Waals surface area (Å²) < 4.78 is 38.4. The lowest BCUT2D eigenvalue weighted by molar-refractivity contribution is -0.136. The predicted molar refractivity (Wildman–Crippen MR) is 224 cm³/mol. The highest BCUT2D eigenvalue weighted by atomic mass is 19.1. The summed E-state index contributed by atoms with van der Waals surface area (Å²) in [7, 11) is 0. The molecule has 3 aromatic rings. The van der Waals surface area contributed by atoms with Gasteiger partial charge in [-0.05, 0) is 113 Å². The molecule has 1 aromatic heterocycles. The maximum absolute atomic E-state index is 16.3. The second-order valence-corrected chi connectivity index (χ2v) is 18.3. The Morgan fingerprint density at radius 2 is 1.63 bits per heavy atom. The van der Waals surface area contributed by atoms with Gasteiger partial charge in [0.05, 0.1) is 23.6 Å². The molecule has 15 heteroatoms. The van der Waals surface area contributed by atoms with Crippen molar-refractivity contribution in [2.45, 2.75) is 101 Å². The number of halogens is 2. The maximum atomic E-state index is 16.3. The Labute approximate surface area is 349 Å². The van der Waals surface area contributed by atoms with Gasteiger partial charge >= 0.3 is 0 Å². The lowest BCUT2D eigenvalue weighted by Gasteiger charge is -2.42. The molecule has 2 aromatic carbocycles. The van der Waals surface area contributed by atoms with Gasteiger partial charge in [0.1, 0.15) is 35.2 Å². The van der Waals surface area contributed by atoms with Crippen molar-refractivity contribution in [1.29, 1.82) is 5.41 Å².